The van der Waals surface area contributed by atoms with Gasteiger partial charge in [0.25, 0.3) is 5.91 Å². The van der Waals surface area contributed by atoms with Gasteiger partial charge in [-0.05, 0) is 24.1 Å². The summed E-state index contributed by atoms with van der Waals surface area (Å²) < 4.78 is 10.3. The number of aliphatic imine (C=N–C) groups is 1. The number of hydrogen-bond donors (Lipinski definition) is 3. The Bertz CT molecular complexity index is 509. The number of halogens is 1. The summed E-state index contributed by atoms with van der Waals surface area (Å²) in [4.78, 5) is 15.7. The lowest BCUT2D eigenvalue weighted by molar-refractivity contribution is 0.0698. The monoisotopic (exact) mass is 464 g/mol. The SMILES string of the molecule is CN=C(NCCCOCCOC)NCc1ccc(C(=O)NC)cc1.I. The van der Waals surface area contributed by atoms with Crippen molar-refractivity contribution >= 4 is 35.8 Å². The van der Waals surface area contributed by atoms with E-state index in [0.29, 0.717) is 31.9 Å². The Labute approximate surface area is 167 Å². The number of rotatable bonds is 10. The van der Waals surface area contributed by atoms with Crippen molar-refractivity contribution < 1.29 is 14.3 Å². The van der Waals surface area contributed by atoms with Crippen LogP contribution in [0.2, 0.25) is 0 Å². The minimum absolute atomic E-state index is 0. The van der Waals surface area contributed by atoms with Crippen LogP contribution in [0.15, 0.2) is 29.3 Å². The molecule has 0 radical (unpaired) electrons. The van der Waals surface area contributed by atoms with E-state index in [-0.39, 0.29) is 29.9 Å². The molecule has 0 spiro atoms. The van der Waals surface area contributed by atoms with E-state index in [2.05, 4.69) is 20.9 Å². The van der Waals surface area contributed by atoms with E-state index in [1.807, 2.05) is 24.3 Å². The van der Waals surface area contributed by atoms with Crippen molar-refractivity contribution in [2.45, 2.75) is 13.0 Å². The summed E-state index contributed by atoms with van der Waals surface area (Å²) in [5.41, 5.74) is 1.73. The summed E-state index contributed by atoms with van der Waals surface area (Å²) in [7, 11) is 5.02. The summed E-state index contributed by atoms with van der Waals surface area (Å²) in [6.07, 6.45) is 0.894. The Balaban J connectivity index is 0.00000576. The standard InChI is InChI=1S/C17H28N4O3.HI/c1-18-16(22)15-7-5-14(6-8-15)13-21-17(19-2)20-9-4-10-24-12-11-23-3;/h5-8H,4,9-13H2,1-3H3,(H,18,22)(H2,19,20,21);1H. The summed E-state index contributed by atoms with van der Waals surface area (Å²) in [5, 5.41) is 9.07. The fraction of sp³-hybridized carbons (Fsp3) is 0.529. The second-order valence-corrected chi connectivity index (χ2v) is 5.09. The summed E-state index contributed by atoms with van der Waals surface area (Å²) in [6.45, 7) is 3.35. The van der Waals surface area contributed by atoms with Crippen LogP contribution in [0.3, 0.4) is 0 Å². The Morgan fingerprint density at radius 2 is 1.84 bits per heavy atom. The zero-order valence-electron chi connectivity index (χ0n) is 15.1. The van der Waals surface area contributed by atoms with Crippen LogP contribution in [0.4, 0.5) is 0 Å². The number of benzene rings is 1. The molecule has 0 aliphatic heterocycles. The molecule has 0 atom stereocenters. The maximum Gasteiger partial charge on any atom is 0.251 e. The number of methoxy groups -OCH3 is 1. The largest absolute Gasteiger partial charge is 0.382 e. The zero-order valence-corrected chi connectivity index (χ0v) is 17.5. The molecule has 0 saturated carbocycles. The predicted octanol–water partition coefficient (Wildman–Crippen LogP) is 1.38. The Morgan fingerprint density at radius 1 is 1.12 bits per heavy atom. The fourth-order valence-electron chi connectivity index (χ4n) is 1.95. The number of hydrogen-bond acceptors (Lipinski definition) is 4. The highest BCUT2D eigenvalue weighted by atomic mass is 127. The number of guanidine groups is 1. The molecule has 0 unspecified atom stereocenters. The molecule has 0 fully saturated rings. The predicted molar refractivity (Wildman–Crippen MR) is 111 cm³/mol. The van der Waals surface area contributed by atoms with Gasteiger partial charge in [0.1, 0.15) is 0 Å². The quantitative estimate of drug-likeness (QED) is 0.211. The average molecular weight is 464 g/mol. The fourth-order valence-corrected chi connectivity index (χ4v) is 1.95. The highest BCUT2D eigenvalue weighted by molar-refractivity contribution is 14.0. The maximum absolute atomic E-state index is 11.5. The number of amides is 1. The second kappa shape index (κ2) is 14.9. The van der Waals surface area contributed by atoms with Crippen molar-refractivity contribution in [2.75, 3.05) is 47.6 Å². The molecule has 0 aliphatic carbocycles. The number of carbonyl (C=O) groups excluding carboxylic acids is 1. The minimum Gasteiger partial charge on any atom is -0.382 e. The highest BCUT2D eigenvalue weighted by Gasteiger charge is 2.03. The first kappa shape index (κ1) is 23.6. The van der Waals surface area contributed by atoms with Crippen LogP contribution in [0, 0.1) is 0 Å². The lowest BCUT2D eigenvalue weighted by Crippen LogP contribution is -2.37. The first-order valence-corrected chi connectivity index (χ1v) is 8.03. The van der Waals surface area contributed by atoms with E-state index in [4.69, 9.17) is 9.47 Å². The van der Waals surface area contributed by atoms with Gasteiger partial charge < -0.3 is 25.4 Å². The van der Waals surface area contributed by atoms with Crippen LogP contribution in [0.25, 0.3) is 0 Å². The Kier molecular flexibility index (Phi) is 14.1. The highest BCUT2D eigenvalue weighted by Crippen LogP contribution is 2.04. The third kappa shape index (κ3) is 10.3. The van der Waals surface area contributed by atoms with Gasteiger partial charge in [-0.1, -0.05) is 12.1 Å². The molecular formula is C17H29IN4O3. The molecule has 3 N–H and O–H groups in total. The van der Waals surface area contributed by atoms with Crippen molar-refractivity contribution in [1.29, 1.82) is 0 Å². The Morgan fingerprint density at radius 3 is 2.44 bits per heavy atom. The molecule has 0 aliphatic rings. The lowest BCUT2D eigenvalue weighted by atomic mass is 10.1. The van der Waals surface area contributed by atoms with Crippen molar-refractivity contribution in [3.63, 3.8) is 0 Å². The first-order chi connectivity index (χ1) is 11.7. The normalized spacial score (nSPS) is 10.8. The molecule has 0 saturated heterocycles. The van der Waals surface area contributed by atoms with Gasteiger partial charge in [-0.3, -0.25) is 9.79 Å². The van der Waals surface area contributed by atoms with E-state index in [0.717, 1.165) is 24.5 Å². The third-order valence-electron chi connectivity index (χ3n) is 3.32. The van der Waals surface area contributed by atoms with Crippen molar-refractivity contribution in [2.24, 2.45) is 4.99 Å². The van der Waals surface area contributed by atoms with Gasteiger partial charge in [0.05, 0.1) is 13.2 Å². The molecule has 8 heteroatoms. The molecule has 1 amide bonds. The van der Waals surface area contributed by atoms with Crippen molar-refractivity contribution in [3.05, 3.63) is 35.4 Å². The molecule has 142 valence electrons. The number of nitrogens with one attached hydrogen (secondary N) is 3. The molecule has 1 aromatic carbocycles. The summed E-state index contributed by atoms with van der Waals surface area (Å²) in [6, 6.07) is 7.47. The van der Waals surface area contributed by atoms with Gasteiger partial charge in [-0.2, -0.15) is 0 Å². The molecule has 1 rings (SSSR count). The minimum atomic E-state index is -0.0836. The van der Waals surface area contributed by atoms with Gasteiger partial charge in [-0.15, -0.1) is 24.0 Å². The Hall–Kier alpha value is -1.39. The van der Waals surface area contributed by atoms with E-state index < -0.39 is 0 Å². The number of nitrogens with zero attached hydrogens (tertiary/aromatic N) is 1. The molecule has 7 nitrogen and oxygen atoms in total. The topological polar surface area (TPSA) is 84.0 Å². The lowest BCUT2D eigenvalue weighted by Gasteiger charge is -2.12. The van der Waals surface area contributed by atoms with E-state index in [1.54, 1.807) is 21.2 Å². The number of ether oxygens (including phenoxy) is 2. The molecule has 1 aromatic rings. The van der Waals surface area contributed by atoms with Crippen molar-refractivity contribution in [3.8, 4) is 0 Å². The molecule has 25 heavy (non-hydrogen) atoms. The third-order valence-corrected chi connectivity index (χ3v) is 3.32. The average Bonchev–Trinajstić information content (AvgIpc) is 2.63. The van der Waals surface area contributed by atoms with Gasteiger partial charge in [0.2, 0.25) is 0 Å². The van der Waals surface area contributed by atoms with Crippen LogP contribution >= 0.6 is 24.0 Å². The zero-order chi connectivity index (χ0) is 17.6. The first-order valence-electron chi connectivity index (χ1n) is 8.03. The molecule has 0 aromatic heterocycles. The van der Waals surface area contributed by atoms with E-state index in [9.17, 15) is 4.79 Å². The van der Waals surface area contributed by atoms with Gasteiger partial charge in [0, 0.05) is 46.5 Å². The smallest absolute Gasteiger partial charge is 0.251 e. The summed E-state index contributed by atoms with van der Waals surface area (Å²) in [5.74, 6) is 0.655. The van der Waals surface area contributed by atoms with Gasteiger partial charge in [0.15, 0.2) is 5.96 Å². The molecular weight excluding hydrogens is 435 g/mol. The van der Waals surface area contributed by atoms with Crippen LogP contribution in [0.1, 0.15) is 22.3 Å². The van der Waals surface area contributed by atoms with Gasteiger partial charge >= 0.3 is 0 Å². The van der Waals surface area contributed by atoms with Crippen LogP contribution in [-0.4, -0.2) is 59.4 Å². The molecule has 0 heterocycles. The maximum atomic E-state index is 11.5. The van der Waals surface area contributed by atoms with E-state index in [1.165, 1.54) is 0 Å². The van der Waals surface area contributed by atoms with Crippen LogP contribution in [0.5, 0.6) is 0 Å². The van der Waals surface area contributed by atoms with Gasteiger partial charge in [-0.25, -0.2) is 0 Å². The molecule has 0 bridgehead atoms. The van der Waals surface area contributed by atoms with Crippen LogP contribution in [-0.2, 0) is 16.0 Å². The van der Waals surface area contributed by atoms with Crippen LogP contribution < -0.4 is 16.0 Å². The second-order valence-electron chi connectivity index (χ2n) is 5.09. The number of carbonyl (C=O) groups is 1. The summed E-state index contributed by atoms with van der Waals surface area (Å²) >= 11 is 0. The van der Waals surface area contributed by atoms with Crippen molar-refractivity contribution in [1.82, 2.24) is 16.0 Å². The van der Waals surface area contributed by atoms with E-state index >= 15 is 0 Å².